The van der Waals surface area contributed by atoms with Crippen molar-refractivity contribution >= 4 is 11.0 Å². The van der Waals surface area contributed by atoms with E-state index in [0.717, 1.165) is 16.5 Å². The van der Waals surface area contributed by atoms with E-state index in [4.69, 9.17) is 9.68 Å². The number of benzene rings is 2. The van der Waals surface area contributed by atoms with Crippen molar-refractivity contribution in [2.45, 2.75) is 13.0 Å². The Hall–Kier alpha value is -2.57. The van der Waals surface area contributed by atoms with Gasteiger partial charge < -0.3 is 9.52 Å². The fourth-order valence-corrected chi connectivity index (χ4v) is 2.22. The molecule has 1 N–H and O–H groups in total. The van der Waals surface area contributed by atoms with Crippen LogP contribution in [0.3, 0.4) is 0 Å². The molecule has 0 bridgehead atoms. The summed E-state index contributed by atoms with van der Waals surface area (Å²) in [5.41, 5.74) is 3.19. The molecule has 1 atom stereocenters. The van der Waals surface area contributed by atoms with Crippen LogP contribution < -0.4 is 0 Å². The lowest BCUT2D eigenvalue weighted by Gasteiger charge is -2.07. The van der Waals surface area contributed by atoms with E-state index in [-0.39, 0.29) is 0 Å². The molecular formula is C17H13NO2. The molecule has 0 aliphatic carbocycles. The quantitative estimate of drug-likeness (QED) is 0.767. The zero-order valence-electron chi connectivity index (χ0n) is 11.0. The first-order valence-corrected chi connectivity index (χ1v) is 6.35. The second-order valence-electron chi connectivity index (χ2n) is 4.83. The second-order valence-corrected chi connectivity index (χ2v) is 4.83. The van der Waals surface area contributed by atoms with E-state index in [0.29, 0.717) is 16.9 Å². The maximum atomic E-state index is 10.3. The number of aryl methyl sites for hydroxylation is 1. The van der Waals surface area contributed by atoms with E-state index in [1.54, 1.807) is 24.3 Å². The van der Waals surface area contributed by atoms with Crippen molar-refractivity contribution in [2.75, 3.05) is 0 Å². The number of hydrogen-bond donors (Lipinski definition) is 1. The van der Waals surface area contributed by atoms with E-state index in [2.05, 4.69) is 6.07 Å². The van der Waals surface area contributed by atoms with Gasteiger partial charge in [0.15, 0.2) is 0 Å². The van der Waals surface area contributed by atoms with Gasteiger partial charge in [0.25, 0.3) is 0 Å². The van der Waals surface area contributed by atoms with Crippen molar-refractivity contribution in [3.63, 3.8) is 0 Å². The van der Waals surface area contributed by atoms with Gasteiger partial charge in [0.1, 0.15) is 17.4 Å². The summed E-state index contributed by atoms with van der Waals surface area (Å²) < 4.78 is 5.68. The van der Waals surface area contributed by atoms with Crippen molar-refractivity contribution in [3.05, 3.63) is 71.0 Å². The first-order valence-electron chi connectivity index (χ1n) is 6.35. The van der Waals surface area contributed by atoms with Gasteiger partial charge in [-0.15, -0.1) is 0 Å². The Bertz CT molecular complexity index is 794. The number of fused-ring (bicyclic) bond motifs is 1. The highest BCUT2D eigenvalue weighted by molar-refractivity contribution is 5.78. The monoisotopic (exact) mass is 263 g/mol. The molecule has 0 amide bonds. The maximum Gasteiger partial charge on any atom is 0.138 e. The van der Waals surface area contributed by atoms with E-state index < -0.39 is 6.10 Å². The highest BCUT2D eigenvalue weighted by Gasteiger charge is 2.15. The molecule has 0 aliphatic heterocycles. The van der Waals surface area contributed by atoms with Gasteiger partial charge in [-0.2, -0.15) is 5.26 Å². The average molecular weight is 263 g/mol. The lowest BCUT2D eigenvalue weighted by molar-refractivity contribution is 0.192. The molecule has 3 nitrogen and oxygen atoms in total. The predicted molar refractivity (Wildman–Crippen MR) is 76.2 cm³/mol. The van der Waals surface area contributed by atoms with Gasteiger partial charge in [0, 0.05) is 5.39 Å². The van der Waals surface area contributed by atoms with Crippen LogP contribution in [0.25, 0.3) is 11.0 Å². The van der Waals surface area contributed by atoms with Gasteiger partial charge >= 0.3 is 0 Å². The van der Waals surface area contributed by atoms with Crippen LogP contribution in [-0.2, 0) is 0 Å². The SMILES string of the molecule is Cc1ccc2oc(C(O)c3ccc(C#N)cc3)cc2c1. The smallest absolute Gasteiger partial charge is 0.138 e. The normalized spacial score (nSPS) is 12.2. The molecule has 3 rings (SSSR count). The molecule has 3 aromatic rings. The number of hydrogen-bond acceptors (Lipinski definition) is 3. The summed E-state index contributed by atoms with van der Waals surface area (Å²) in [6.45, 7) is 2.02. The molecule has 1 aromatic heterocycles. The Morgan fingerprint density at radius 2 is 1.85 bits per heavy atom. The topological polar surface area (TPSA) is 57.2 Å². The highest BCUT2D eigenvalue weighted by Crippen LogP contribution is 2.28. The van der Waals surface area contributed by atoms with Crippen LogP contribution in [0.5, 0.6) is 0 Å². The number of aliphatic hydroxyl groups excluding tert-OH is 1. The molecule has 0 spiro atoms. The number of rotatable bonds is 2. The third-order valence-electron chi connectivity index (χ3n) is 3.32. The molecule has 1 heterocycles. The molecule has 1 unspecified atom stereocenters. The summed E-state index contributed by atoms with van der Waals surface area (Å²) in [6.07, 6.45) is -0.824. The molecule has 98 valence electrons. The Kier molecular flexibility index (Phi) is 3.02. The fourth-order valence-electron chi connectivity index (χ4n) is 2.22. The molecule has 0 saturated heterocycles. The van der Waals surface area contributed by atoms with E-state index in [9.17, 15) is 5.11 Å². The first-order chi connectivity index (χ1) is 9.67. The first kappa shape index (κ1) is 12.5. The summed E-state index contributed by atoms with van der Waals surface area (Å²) >= 11 is 0. The largest absolute Gasteiger partial charge is 0.458 e. The summed E-state index contributed by atoms with van der Waals surface area (Å²) in [5, 5.41) is 20.1. The summed E-state index contributed by atoms with van der Waals surface area (Å²) in [6, 6.07) is 16.7. The summed E-state index contributed by atoms with van der Waals surface area (Å²) in [7, 11) is 0. The molecule has 0 aliphatic rings. The second kappa shape index (κ2) is 4.84. The van der Waals surface area contributed by atoms with Gasteiger partial charge in [-0.1, -0.05) is 23.8 Å². The van der Waals surface area contributed by atoms with Crippen molar-refractivity contribution < 1.29 is 9.52 Å². The minimum absolute atomic E-state index is 0.510. The van der Waals surface area contributed by atoms with Gasteiger partial charge in [-0.25, -0.2) is 0 Å². The molecular weight excluding hydrogens is 250 g/mol. The highest BCUT2D eigenvalue weighted by atomic mass is 16.4. The summed E-state index contributed by atoms with van der Waals surface area (Å²) in [5.74, 6) is 0.510. The molecule has 3 heteroatoms. The van der Waals surface area contributed by atoms with Crippen molar-refractivity contribution in [2.24, 2.45) is 0 Å². The molecule has 0 fully saturated rings. The standard InChI is InChI=1S/C17H13NO2/c1-11-2-7-15-14(8-11)9-16(20-15)17(19)13-5-3-12(10-18)4-6-13/h2-9,17,19H,1H3. The van der Waals surface area contributed by atoms with Crippen LogP contribution in [0.4, 0.5) is 0 Å². The van der Waals surface area contributed by atoms with Crippen molar-refractivity contribution in [1.82, 2.24) is 0 Å². The lowest BCUT2D eigenvalue weighted by Crippen LogP contribution is -1.97. The van der Waals surface area contributed by atoms with Crippen molar-refractivity contribution in [3.8, 4) is 6.07 Å². The third kappa shape index (κ3) is 2.18. The Balaban J connectivity index is 1.98. The number of aliphatic hydroxyl groups is 1. The molecule has 2 aromatic carbocycles. The van der Waals surface area contributed by atoms with Crippen LogP contribution in [0.15, 0.2) is 52.9 Å². The predicted octanol–water partition coefficient (Wildman–Crippen LogP) is 3.69. The van der Waals surface area contributed by atoms with E-state index in [1.165, 1.54) is 0 Å². The van der Waals surface area contributed by atoms with Gasteiger partial charge in [-0.3, -0.25) is 0 Å². The Morgan fingerprint density at radius 1 is 1.10 bits per heavy atom. The lowest BCUT2D eigenvalue weighted by atomic mass is 10.1. The van der Waals surface area contributed by atoms with E-state index in [1.807, 2.05) is 31.2 Å². The number of furan rings is 1. The maximum absolute atomic E-state index is 10.3. The Morgan fingerprint density at radius 3 is 2.55 bits per heavy atom. The van der Waals surface area contributed by atoms with Crippen LogP contribution in [-0.4, -0.2) is 5.11 Å². The fraction of sp³-hybridized carbons (Fsp3) is 0.118. The number of nitrogens with zero attached hydrogens (tertiary/aromatic N) is 1. The van der Waals surface area contributed by atoms with Crippen LogP contribution >= 0.6 is 0 Å². The van der Waals surface area contributed by atoms with E-state index >= 15 is 0 Å². The summed E-state index contributed by atoms with van der Waals surface area (Å²) in [4.78, 5) is 0. The van der Waals surface area contributed by atoms with Gasteiger partial charge in [-0.05, 0) is 42.8 Å². The average Bonchev–Trinajstić information content (AvgIpc) is 2.89. The molecule has 0 radical (unpaired) electrons. The molecule has 20 heavy (non-hydrogen) atoms. The number of nitriles is 1. The minimum Gasteiger partial charge on any atom is -0.458 e. The van der Waals surface area contributed by atoms with Gasteiger partial charge in [0.2, 0.25) is 0 Å². The van der Waals surface area contributed by atoms with Gasteiger partial charge in [0.05, 0.1) is 11.6 Å². The van der Waals surface area contributed by atoms with Crippen molar-refractivity contribution in [1.29, 1.82) is 5.26 Å². The zero-order valence-corrected chi connectivity index (χ0v) is 11.0. The Labute approximate surface area is 116 Å². The van der Waals surface area contributed by atoms with Crippen LogP contribution in [0.2, 0.25) is 0 Å². The minimum atomic E-state index is -0.824. The van der Waals surface area contributed by atoms with Crippen LogP contribution in [0, 0.1) is 18.3 Å². The molecule has 0 saturated carbocycles. The third-order valence-corrected chi connectivity index (χ3v) is 3.32. The zero-order chi connectivity index (χ0) is 14.1. The van der Waals surface area contributed by atoms with Crippen LogP contribution in [0.1, 0.15) is 28.6 Å².